The molecule has 3 heteroatoms. The normalized spacial score (nSPS) is 27.1. The summed E-state index contributed by atoms with van der Waals surface area (Å²) in [5, 5.41) is 0.120. The highest BCUT2D eigenvalue weighted by atomic mass is 32.2. The first-order valence-corrected chi connectivity index (χ1v) is 3.50. The van der Waals surface area contributed by atoms with Crippen LogP contribution >= 0.6 is 11.8 Å². The lowest BCUT2D eigenvalue weighted by Crippen LogP contribution is -2.07. The van der Waals surface area contributed by atoms with Crippen LogP contribution in [0.3, 0.4) is 0 Å². The first kappa shape index (κ1) is 5.82. The quantitative estimate of drug-likeness (QED) is 0.530. The molecule has 0 aromatic heterocycles. The van der Waals surface area contributed by atoms with Crippen molar-refractivity contribution in [2.45, 2.75) is 18.6 Å². The molecule has 0 saturated carbocycles. The topological polar surface area (TPSA) is 29.4 Å². The standard InChI is InChI=1S/C5H7NOS/c1-2-4-5(7)6-3-8-4/h3-4H,2H2,1H3. The second-order valence-corrected chi connectivity index (χ2v) is 2.66. The first-order valence-electron chi connectivity index (χ1n) is 2.56. The Balaban J connectivity index is 2.51. The summed E-state index contributed by atoms with van der Waals surface area (Å²) in [7, 11) is 0. The van der Waals surface area contributed by atoms with E-state index in [9.17, 15) is 4.79 Å². The summed E-state index contributed by atoms with van der Waals surface area (Å²) in [6, 6.07) is 0. The van der Waals surface area contributed by atoms with Crippen LogP contribution in [0.15, 0.2) is 4.99 Å². The fourth-order valence-electron chi connectivity index (χ4n) is 0.568. The van der Waals surface area contributed by atoms with E-state index in [-0.39, 0.29) is 11.2 Å². The molecular formula is C5H7NOS. The predicted molar refractivity (Wildman–Crippen MR) is 35.2 cm³/mol. The van der Waals surface area contributed by atoms with Crippen LogP contribution < -0.4 is 0 Å². The highest BCUT2D eigenvalue weighted by molar-refractivity contribution is 8.13. The minimum atomic E-state index is 0.0255. The number of rotatable bonds is 1. The Morgan fingerprint density at radius 2 is 2.75 bits per heavy atom. The Kier molecular flexibility index (Phi) is 1.68. The average molecular weight is 129 g/mol. The summed E-state index contributed by atoms with van der Waals surface area (Å²) in [5.74, 6) is 0.0255. The molecule has 0 aromatic carbocycles. The van der Waals surface area contributed by atoms with Crippen molar-refractivity contribution in [3.8, 4) is 0 Å². The molecule has 1 rings (SSSR count). The van der Waals surface area contributed by atoms with E-state index >= 15 is 0 Å². The van der Waals surface area contributed by atoms with Crippen molar-refractivity contribution in [1.82, 2.24) is 0 Å². The van der Waals surface area contributed by atoms with Crippen LogP contribution in [-0.4, -0.2) is 16.7 Å². The van der Waals surface area contributed by atoms with Gasteiger partial charge in [-0.25, -0.2) is 4.99 Å². The van der Waals surface area contributed by atoms with Gasteiger partial charge in [-0.2, -0.15) is 0 Å². The molecule has 1 atom stereocenters. The zero-order valence-corrected chi connectivity index (χ0v) is 5.44. The van der Waals surface area contributed by atoms with Gasteiger partial charge in [0.1, 0.15) is 0 Å². The lowest BCUT2D eigenvalue weighted by molar-refractivity contribution is -0.117. The second kappa shape index (κ2) is 2.31. The van der Waals surface area contributed by atoms with E-state index in [0.29, 0.717) is 0 Å². The fourth-order valence-corrected chi connectivity index (χ4v) is 1.25. The lowest BCUT2D eigenvalue weighted by atomic mass is 10.3. The Hall–Kier alpha value is -0.310. The Bertz CT molecular complexity index is 132. The lowest BCUT2D eigenvalue weighted by Gasteiger charge is -1.96. The minimum absolute atomic E-state index is 0.0255. The summed E-state index contributed by atoms with van der Waals surface area (Å²) >= 11 is 1.51. The Morgan fingerprint density at radius 1 is 2.00 bits per heavy atom. The van der Waals surface area contributed by atoms with Crippen molar-refractivity contribution in [2.24, 2.45) is 4.99 Å². The van der Waals surface area contributed by atoms with Gasteiger partial charge in [-0.3, -0.25) is 4.79 Å². The minimum Gasteiger partial charge on any atom is -0.271 e. The van der Waals surface area contributed by atoms with E-state index in [1.165, 1.54) is 11.8 Å². The molecule has 1 heterocycles. The molecular weight excluding hydrogens is 122 g/mol. The van der Waals surface area contributed by atoms with E-state index in [0.717, 1.165) is 6.42 Å². The van der Waals surface area contributed by atoms with Gasteiger partial charge in [0.2, 0.25) is 0 Å². The molecule has 0 bridgehead atoms. The highest BCUT2D eigenvalue weighted by Crippen LogP contribution is 2.18. The summed E-state index contributed by atoms with van der Waals surface area (Å²) in [6.45, 7) is 1.99. The molecule has 44 valence electrons. The molecule has 1 amide bonds. The van der Waals surface area contributed by atoms with Crippen molar-refractivity contribution in [3.63, 3.8) is 0 Å². The molecule has 0 aliphatic carbocycles. The average Bonchev–Trinajstić information content (AvgIpc) is 2.14. The van der Waals surface area contributed by atoms with Crippen molar-refractivity contribution < 1.29 is 4.79 Å². The number of hydrogen-bond acceptors (Lipinski definition) is 2. The van der Waals surface area contributed by atoms with Crippen LogP contribution in [0.2, 0.25) is 0 Å². The maximum atomic E-state index is 10.6. The van der Waals surface area contributed by atoms with Crippen LogP contribution in [0.4, 0.5) is 0 Å². The summed E-state index contributed by atoms with van der Waals surface area (Å²) in [4.78, 5) is 14.2. The Morgan fingerprint density at radius 3 is 3.00 bits per heavy atom. The smallest absolute Gasteiger partial charge is 0.259 e. The van der Waals surface area contributed by atoms with E-state index in [1.54, 1.807) is 5.55 Å². The van der Waals surface area contributed by atoms with E-state index in [1.807, 2.05) is 6.92 Å². The van der Waals surface area contributed by atoms with Crippen LogP contribution in [0.25, 0.3) is 0 Å². The predicted octanol–water partition coefficient (Wildman–Crippen LogP) is 1.07. The van der Waals surface area contributed by atoms with Gasteiger partial charge in [-0.1, -0.05) is 6.92 Å². The van der Waals surface area contributed by atoms with Gasteiger partial charge in [0, 0.05) is 0 Å². The molecule has 0 fully saturated rings. The number of hydrogen-bond donors (Lipinski definition) is 0. The number of amides is 1. The zero-order valence-electron chi connectivity index (χ0n) is 4.63. The fraction of sp³-hybridized carbons (Fsp3) is 0.600. The van der Waals surface area contributed by atoms with Crippen molar-refractivity contribution in [3.05, 3.63) is 0 Å². The van der Waals surface area contributed by atoms with Gasteiger partial charge in [0.05, 0.1) is 10.8 Å². The number of nitrogens with zero attached hydrogens (tertiary/aromatic N) is 1. The monoisotopic (exact) mass is 129 g/mol. The second-order valence-electron chi connectivity index (χ2n) is 1.61. The van der Waals surface area contributed by atoms with E-state index in [4.69, 9.17) is 0 Å². The number of thioether (sulfide) groups is 1. The maximum absolute atomic E-state index is 10.6. The molecule has 0 radical (unpaired) electrons. The number of aliphatic imine (C=N–C) groups is 1. The molecule has 1 aliphatic rings. The summed E-state index contributed by atoms with van der Waals surface area (Å²) < 4.78 is 0. The van der Waals surface area contributed by atoms with Crippen molar-refractivity contribution in [1.29, 1.82) is 0 Å². The van der Waals surface area contributed by atoms with E-state index in [2.05, 4.69) is 4.99 Å². The molecule has 0 aromatic rings. The first-order chi connectivity index (χ1) is 3.84. The van der Waals surface area contributed by atoms with Crippen LogP contribution in [0.5, 0.6) is 0 Å². The van der Waals surface area contributed by atoms with Crippen molar-refractivity contribution >= 4 is 23.2 Å². The van der Waals surface area contributed by atoms with Crippen LogP contribution in [0, 0.1) is 0 Å². The van der Waals surface area contributed by atoms with Crippen LogP contribution in [0.1, 0.15) is 13.3 Å². The third-order valence-corrected chi connectivity index (χ3v) is 2.14. The molecule has 1 unspecified atom stereocenters. The van der Waals surface area contributed by atoms with Gasteiger partial charge < -0.3 is 0 Å². The van der Waals surface area contributed by atoms with Gasteiger partial charge in [0.25, 0.3) is 5.91 Å². The SMILES string of the molecule is CCC1SC=NC1=O. The molecule has 8 heavy (non-hydrogen) atoms. The van der Waals surface area contributed by atoms with Gasteiger partial charge in [-0.05, 0) is 6.42 Å². The van der Waals surface area contributed by atoms with Gasteiger partial charge in [-0.15, -0.1) is 11.8 Å². The summed E-state index contributed by atoms with van der Waals surface area (Å²) in [6.07, 6.45) is 0.892. The van der Waals surface area contributed by atoms with Gasteiger partial charge >= 0.3 is 0 Å². The third kappa shape index (κ3) is 0.916. The molecule has 0 saturated heterocycles. The van der Waals surface area contributed by atoms with Crippen molar-refractivity contribution in [2.75, 3.05) is 0 Å². The third-order valence-electron chi connectivity index (χ3n) is 1.05. The molecule has 1 aliphatic heterocycles. The summed E-state index contributed by atoms with van der Waals surface area (Å²) in [5.41, 5.74) is 1.62. The zero-order chi connectivity index (χ0) is 5.98. The molecule has 0 N–H and O–H groups in total. The highest BCUT2D eigenvalue weighted by Gasteiger charge is 2.18. The Labute approximate surface area is 52.4 Å². The maximum Gasteiger partial charge on any atom is 0.259 e. The largest absolute Gasteiger partial charge is 0.271 e. The molecule has 0 spiro atoms. The van der Waals surface area contributed by atoms with E-state index < -0.39 is 0 Å². The number of carbonyl (C=O) groups is 1. The molecule has 2 nitrogen and oxygen atoms in total. The van der Waals surface area contributed by atoms with Crippen LogP contribution in [-0.2, 0) is 4.79 Å². The van der Waals surface area contributed by atoms with Gasteiger partial charge in [0.15, 0.2) is 0 Å². The number of carbonyl (C=O) groups excluding carboxylic acids is 1.